The topological polar surface area (TPSA) is 38.0 Å². The molecule has 0 saturated carbocycles. The number of rotatable bonds is 5. The van der Waals surface area contributed by atoms with Crippen molar-refractivity contribution in [2.75, 3.05) is 0 Å². The molecule has 0 heterocycles. The van der Waals surface area contributed by atoms with Crippen LogP contribution >= 0.6 is 0 Å². The minimum absolute atomic E-state index is 0.228. The van der Waals surface area contributed by atoms with Crippen LogP contribution in [0.4, 0.5) is 0 Å². The van der Waals surface area contributed by atoms with Crippen LogP contribution in [0.1, 0.15) is 38.3 Å². The molecule has 0 aliphatic rings. The van der Waals surface area contributed by atoms with Crippen LogP contribution in [0.3, 0.4) is 0 Å². The molecule has 2 nitrogen and oxygen atoms in total. The number of hydrazine groups is 1. The highest BCUT2D eigenvalue weighted by molar-refractivity contribution is 5.86. The molecular formula is C16H22N2. The van der Waals surface area contributed by atoms with Crippen molar-refractivity contribution in [3.8, 4) is 0 Å². The van der Waals surface area contributed by atoms with Crippen LogP contribution in [0.2, 0.25) is 0 Å². The summed E-state index contributed by atoms with van der Waals surface area (Å²) < 4.78 is 0. The molecule has 1 atom stereocenters. The first-order valence-corrected chi connectivity index (χ1v) is 6.75. The lowest BCUT2D eigenvalue weighted by Crippen LogP contribution is -2.33. The van der Waals surface area contributed by atoms with Crippen molar-refractivity contribution in [1.82, 2.24) is 5.43 Å². The molecule has 0 radical (unpaired) electrons. The lowest BCUT2D eigenvalue weighted by atomic mass is 9.87. The monoisotopic (exact) mass is 242 g/mol. The minimum atomic E-state index is 0.228. The normalized spacial score (nSPS) is 13.1. The quantitative estimate of drug-likeness (QED) is 0.618. The number of fused-ring (bicyclic) bond motifs is 1. The van der Waals surface area contributed by atoms with E-state index in [1.807, 2.05) is 0 Å². The molecule has 0 amide bonds. The Kier molecular flexibility index (Phi) is 4.34. The van der Waals surface area contributed by atoms with Crippen molar-refractivity contribution in [3.05, 3.63) is 48.0 Å². The van der Waals surface area contributed by atoms with Gasteiger partial charge in [-0.3, -0.25) is 11.3 Å². The summed E-state index contributed by atoms with van der Waals surface area (Å²) in [5.74, 6) is 6.37. The summed E-state index contributed by atoms with van der Waals surface area (Å²) in [4.78, 5) is 0. The minimum Gasteiger partial charge on any atom is -0.271 e. The predicted octanol–water partition coefficient (Wildman–Crippen LogP) is 3.78. The Balaban J connectivity index is 2.51. The van der Waals surface area contributed by atoms with Gasteiger partial charge in [-0.15, -0.1) is 0 Å². The van der Waals surface area contributed by atoms with Gasteiger partial charge < -0.3 is 0 Å². The largest absolute Gasteiger partial charge is 0.271 e. The molecule has 2 rings (SSSR count). The summed E-state index contributed by atoms with van der Waals surface area (Å²) in [6.07, 6.45) is 2.27. The fraction of sp³-hybridized carbons (Fsp3) is 0.375. The van der Waals surface area contributed by atoms with Gasteiger partial charge in [-0.2, -0.15) is 0 Å². The summed E-state index contributed by atoms with van der Waals surface area (Å²) >= 11 is 0. The number of nitrogens with one attached hydrogen (secondary N) is 1. The highest BCUT2D eigenvalue weighted by atomic mass is 15.2. The Bertz CT molecular complexity index is 498. The zero-order valence-corrected chi connectivity index (χ0v) is 11.2. The first-order chi connectivity index (χ1) is 8.81. The van der Waals surface area contributed by atoms with E-state index in [0.717, 1.165) is 12.8 Å². The molecule has 0 spiro atoms. The molecule has 2 aromatic rings. The van der Waals surface area contributed by atoms with E-state index in [1.54, 1.807) is 0 Å². The molecule has 3 N–H and O–H groups in total. The van der Waals surface area contributed by atoms with Gasteiger partial charge >= 0.3 is 0 Å². The second-order valence-corrected chi connectivity index (χ2v) is 4.79. The predicted molar refractivity (Wildman–Crippen MR) is 78.1 cm³/mol. The Labute approximate surface area is 109 Å². The maximum Gasteiger partial charge on any atom is 0.0494 e. The van der Waals surface area contributed by atoms with Crippen molar-refractivity contribution in [2.24, 2.45) is 11.8 Å². The smallest absolute Gasteiger partial charge is 0.0494 e. The Morgan fingerprint density at radius 1 is 1.00 bits per heavy atom. The molecular weight excluding hydrogens is 220 g/mol. The van der Waals surface area contributed by atoms with Gasteiger partial charge in [0.05, 0.1) is 0 Å². The van der Waals surface area contributed by atoms with Crippen molar-refractivity contribution >= 4 is 10.8 Å². The van der Waals surface area contributed by atoms with Crippen LogP contribution in [-0.4, -0.2) is 0 Å². The van der Waals surface area contributed by atoms with Gasteiger partial charge in [0.15, 0.2) is 0 Å². The molecule has 0 aliphatic heterocycles. The summed E-state index contributed by atoms with van der Waals surface area (Å²) in [5.41, 5.74) is 4.32. The first-order valence-electron chi connectivity index (χ1n) is 6.75. The second-order valence-electron chi connectivity index (χ2n) is 4.79. The third-order valence-corrected chi connectivity index (χ3v) is 3.86. The van der Waals surface area contributed by atoms with Gasteiger partial charge in [0.25, 0.3) is 0 Å². The molecule has 1 unspecified atom stereocenters. The van der Waals surface area contributed by atoms with E-state index in [2.05, 4.69) is 61.7 Å². The van der Waals surface area contributed by atoms with Crippen LogP contribution in [0.15, 0.2) is 42.5 Å². The molecule has 0 aliphatic carbocycles. The van der Waals surface area contributed by atoms with Crippen LogP contribution in [0.25, 0.3) is 10.8 Å². The van der Waals surface area contributed by atoms with Gasteiger partial charge in [-0.25, -0.2) is 0 Å². The van der Waals surface area contributed by atoms with Crippen LogP contribution in [0, 0.1) is 5.92 Å². The van der Waals surface area contributed by atoms with E-state index in [9.17, 15) is 0 Å². The molecule has 0 bridgehead atoms. The zero-order valence-electron chi connectivity index (χ0n) is 11.2. The number of hydrogen-bond donors (Lipinski definition) is 2. The van der Waals surface area contributed by atoms with Gasteiger partial charge in [-0.1, -0.05) is 69.2 Å². The van der Waals surface area contributed by atoms with Crippen LogP contribution in [0.5, 0.6) is 0 Å². The van der Waals surface area contributed by atoms with Crippen LogP contribution in [-0.2, 0) is 0 Å². The van der Waals surface area contributed by atoms with Crippen molar-refractivity contribution in [3.63, 3.8) is 0 Å². The fourth-order valence-corrected chi connectivity index (χ4v) is 2.76. The summed E-state index contributed by atoms with van der Waals surface area (Å²) in [6.45, 7) is 4.45. The first kappa shape index (κ1) is 13.1. The molecule has 96 valence electrons. The van der Waals surface area contributed by atoms with Crippen molar-refractivity contribution < 1.29 is 0 Å². The number of nitrogens with two attached hydrogens (primary N) is 1. The molecule has 2 heteroatoms. The highest BCUT2D eigenvalue weighted by Gasteiger charge is 2.20. The average molecular weight is 242 g/mol. The summed E-state index contributed by atoms with van der Waals surface area (Å²) in [6, 6.07) is 15.2. The number of hydrogen-bond acceptors (Lipinski definition) is 2. The van der Waals surface area contributed by atoms with Gasteiger partial charge in [0.2, 0.25) is 0 Å². The maximum absolute atomic E-state index is 5.80. The molecule has 0 aromatic heterocycles. The standard InChI is InChI=1S/C16H22N2/c1-3-12(4-2)16(18-17)15-11-7-9-13-8-5-6-10-14(13)15/h5-12,16,18H,3-4,17H2,1-2H3. The van der Waals surface area contributed by atoms with Crippen molar-refractivity contribution in [1.29, 1.82) is 0 Å². The fourth-order valence-electron chi connectivity index (χ4n) is 2.76. The van der Waals surface area contributed by atoms with E-state index < -0.39 is 0 Å². The van der Waals surface area contributed by atoms with Crippen molar-refractivity contribution in [2.45, 2.75) is 32.7 Å². The third kappa shape index (κ3) is 2.40. The van der Waals surface area contributed by atoms with Gasteiger partial charge in [0.1, 0.15) is 0 Å². The molecule has 0 fully saturated rings. The Morgan fingerprint density at radius 3 is 2.33 bits per heavy atom. The van der Waals surface area contributed by atoms with E-state index in [1.165, 1.54) is 16.3 Å². The van der Waals surface area contributed by atoms with Gasteiger partial charge in [-0.05, 0) is 22.3 Å². The number of benzene rings is 2. The highest BCUT2D eigenvalue weighted by Crippen LogP contribution is 2.31. The molecule has 18 heavy (non-hydrogen) atoms. The summed E-state index contributed by atoms with van der Waals surface area (Å²) in [7, 11) is 0. The maximum atomic E-state index is 5.80. The van der Waals surface area contributed by atoms with Crippen LogP contribution < -0.4 is 11.3 Å². The zero-order chi connectivity index (χ0) is 13.0. The van der Waals surface area contributed by atoms with E-state index in [-0.39, 0.29) is 6.04 Å². The van der Waals surface area contributed by atoms with E-state index >= 15 is 0 Å². The SMILES string of the molecule is CCC(CC)C(NN)c1cccc2ccccc12. The Hall–Kier alpha value is -1.38. The second kappa shape index (κ2) is 5.98. The lowest BCUT2D eigenvalue weighted by Gasteiger charge is -2.26. The van der Waals surface area contributed by atoms with E-state index in [4.69, 9.17) is 5.84 Å². The van der Waals surface area contributed by atoms with Gasteiger partial charge in [0, 0.05) is 6.04 Å². The lowest BCUT2D eigenvalue weighted by molar-refractivity contribution is 0.347. The average Bonchev–Trinajstić information content (AvgIpc) is 2.44. The van der Waals surface area contributed by atoms with E-state index in [0.29, 0.717) is 5.92 Å². The summed E-state index contributed by atoms with van der Waals surface area (Å²) in [5, 5.41) is 2.58. The molecule has 2 aromatic carbocycles. The third-order valence-electron chi connectivity index (χ3n) is 3.86. The molecule has 0 saturated heterocycles. The Morgan fingerprint density at radius 2 is 1.67 bits per heavy atom.